The van der Waals surface area contributed by atoms with Crippen molar-refractivity contribution in [3.8, 4) is 0 Å². The fourth-order valence-corrected chi connectivity index (χ4v) is 2.92. The van der Waals surface area contributed by atoms with Gasteiger partial charge in [0.05, 0.1) is 6.20 Å². The number of H-pyrrole nitrogens is 1. The van der Waals surface area contributed by atoms with Gasteiger partial charge in [-0.15, -0.1) is 0 Å². The molecule has 1 atom stereocenters. The molecule has 1 aliphatic heterocycles. The molecule has 2 N–H and O–H groups in total. The molecule has 0 spiro atoms. The highest BCUT2D eigenvalue weighted by Crippen LogP contribution is 2.32. The van der Waals surface area contributed by atoms with E-state index in [1.165, 1.54) is 0 Å². The maximum absolute atomic E-state index is 10.6. The fourth-order valence-electron chi connectivity index (χ4n) is 2.55. The predicted molar refractivity (Wildman–Crippen MR) is 76.6 cm³/mol. The minimum absolute atomic E-state index is 0.502. The van der Waals surface area contributed by atoms with Gasteiger partial charge in [0.15, 0.2) is 0 Å². The van der Waals surface area contributed by atoms with E-state index < -0.39 is 5.60 Å². The molecule has 0 aliphatic carbocycles. The Bertz CT molecular complexity index is 604. The van der Waals surface area contributed by atoms with Crippen molar-refractivity contribution < 1.29 is 5.11 Å². The smallest absolute Gasteiger partial charge is 0.124 e. The summed E-state index contributed by atoms with van der Waals surface area (Å²) < 4.78 is 0. The molecular weight excluding hydrogens is 299 g/mol. The van der Waals surface area contributed by atoms with Crippen molar-refractivity contribution in [3.63, 3.8) is 0 Å². The molecule has 1 fully saturated rings. The van der Waals surface area contributed by atoms with Gasteiger partial charge in [-0.1, -0.05) is 23.2 Å². The molecule has 2 aromatic rings. The summed E-state index contributed by atoms with van der Waals surface area (Å²) >= 11 is 12.2. The second-order valence-corrected chi connectivity index (χ2v) is 5.93. The van der Waals surface area contributed by atoms with Crippen LogP contribution in [0, 0.1) is 0 Å². The molecule has 1 aromatic carbocycles. The number of hydrogen-bond donors (Lipinski definition) is 2. The summed E-state index contributed by atoms with van der Waals surface area (Å²) in [5, 5.41) is 22.2. The van der Waals surface area contributed by atoms with Gasteiger partial charge in [-0.3, -0.25) is 4.90 Å². The van der Waals surface area contributed by atoms with Gasteiger partial charge in [0.25, 0.3) is 0 Å². The zero-order valence-corrected chi connectivity index (χ0v) is 12.2. The average molecular weight is 313 g/mol. The number of aromatic nitrogens is 3. The van der Waals surface area contributed by atoms with Crippen molar-refractivity contribution in [1.29, 1.82) is 0 Å². The Kier molecular flexibility index (Phi) is 3.69. The van der Waals surface area contributed by atoms with Gasteiger partial charge in [0.2, 0.25) is 0 Å². The van der Waals surface area contributed by atoms with Crippen LogP contribution < -0.4 is 0 Å². The fraction of sp³-hybridized carbons (Fsp3) is 0.385. The number of nitrogens with one attached hydrogen (secondary N) is 1. The van der Waals surface area contributed by atoms with E-state index in [-0.39, 0.29) is 0 Å². The lowest BCUT2D eigenvalue weighted by Crippen LogP contribution is -2.31. The molecule has 0 bridgehead atoms. The number of halogens is 2. The molecule has 1 aliphatic rings. The quantitative estimate of drug-likeness (QED) is 0.912. The number of aromatic amines is 1. The lowest BCUT2D eigenvalue weighted by molar-refractivity contribution is 0.0409. The van der Waals surface area contributed by atoms with E-state index in [2.05, 4.69) is 20.3 Å². The van der Waals surface area contributed by atoms with Crippen molar-refractivity contribution in [1.82, 2.24) is 20.3 Å². The zero-order valence-electron chi connectivity index (χ0n) is 10.7. The van der Waals surface area contributed by atoms with Gasteiger partial charge in [-0.05, 0) is 30.2 Å². The van der Waals surface area contributed by atoms with Gasteiger partial charge in [0.1, 0.15) is 11.3 Å². The van der Waals surface area contributed by atoms with Crippen LogP contribution in [0.2, 0.25) is 10.0 Å². The molecule has 7 heteroatoms. The van der Waals surface area contributed by atoms with E-state index in [1.54, 1.807) is 18.3 Å². The first-order chi connectivity index (χ1) is 9.57. The normalized spacial score (nSPS) is 23.4. The van der Waals surface area contributed by atoms with E-state index in [4.69, 9.17) is 23.2 Å². The second kappa shape index (κ2) is 5.33. The van der Waals surface area contributed by atoms with Crippen LogP contribution in [-0.4, -0.2) is 38.5 Å². The Balaban J connectivity index is 1.73. The van der Waals surface area contributed by atoms with Crippen LogP contribution in [0.5, 0.6) is 0 Å². The molecule has 0 amide bonds. The second-order valence-electron chi connectivity index (χ2n) is 5.08. The summed E-state index contributed by atoms with van der Waals surface area (Å²) in [5.41, 5.74) is 0.596. The number of rotatable bonds is 3. The highest BCUT2D eigenvalue weighted by molar-refractivity contribution is 6.33. The minimum Gasteiger partial charge on any atom is -0.382 e. The van der Waals surface area contributed by atoms with Crippen LogP contribution in [0.15, 0.2) is 24.4 Å². The summed E-state index contributed by atoms with van der Waals surface area (Å²) in [7, 11) is 0. The molecule has 5 nitrogen and oxygen atoms in total. The maximum atomic E-state index is 10.6. The predicted octanol–water partition coefficient (Wildman–Crippen LogP) is 2.21. The molecular formula is C13H14Cl2N4O. The van der Waals surface area contributed by atoms with Gasteiger partial charge >= 0.3 is 0 Å². The molecule has 0 unspecified atom stereocenters. The first-order valence-corrected chi connectivity index (χ1v) is 7.07. The Morgan fingerprint density at radius 2 is 2.25 bits per heavy atom. The molecule has 0 radical (unpaired) electrons. The minimum atomic E-state index is -0.946. The van der Waals surface area contributed by atoms with Gasteiger partial charge in [-0.25, -0.2) is 0 Å². The molecule has 1 aromatic heterocycles. The third-order valence-electron chi connectivity index (χ3n) is 3.62. The standard InChI is InChI=1S/C13H14Cl2N4O/c14-10-1-2-11(15)9(5-10)7-19-4-3-13(20,8-19)12-6-16-18-17-12/h1-2,5-6,20H,3-4,7-8H2,(H,16,17,18)/t13-/m0/s1. The summed E-state index contributed by atoms with van der Waals surface area (Å²) in [4.78, 5) is 2.13. The van der Waals surface area contributed by atoms with Crippen molar-refractivity contribution in [2.45, 2.75) is 18.6 Å². The van der Waals surface area contributed by atoms with Crippen LogP contribution >= 0.6 is 23.2 Å². The zero-order chi connectivity index (χ0) is 14.2. The molecule has 0 saturated carbocycles. The molecule has 1 saturated heterocycles. The third-order valence-corrected chi connectivity index (χ3v) is 4.22. The van der Waals surface area contributed by atoms with Crippen LogP contribution in [0.25, 0.3) is 0 Å². The number of benzene rings is 1. The van der Waals surface area contributed by atoms with Crippen molar-refractivity contribution in [2.24, 2.45) is 0 Å². The van der Waals surface area contributed by atoms with Crippen LogP contribution in [0.1, 0.15) is 17.7 Å². The Morgan fingerprint density at radius 1 is 1.40 bits per heavy atom. The lowest BCUT2D eigenvalue weighted by Gasteiger charge is -2.21. The van der Waals surface area contributed by atoms with Crippen molar-refractivity contribution in [3.05, 3.63) is 45.7 Å². The molecule has 106 valence electrons. The number of hydrogen-bond acceptors (Lipinski definition) is 4. The van der Waals surface area contributed by atoms with Crippen molar-refractivity contribution in [2.75, 3.05) is 13.1 Å². The van der Waals surface area contributed by atoms with Crippen LogP contribution in [-0.2, 0) is 12.1 Å². The molecule has 3 rings (SSSR count). The van der Waals surface area contributed by atoms with E-state index >= 15 is 0 Å². The molecule has 20 heavy (non-hydrogen) atoms. The summed E-state index contributed by atoms with van der Waals surface area (Å²) in [5.74, 6) is 0. The average Bonchev–Trinajstić information content (AvgIpc) is 3.05. The van der Waals surface area contributed by atoms with E-state index in [1.807, 2.05) is 6.07 Å². The highest BCUT2D eigenvalue weighted by atomic mass is 35.5. The van der Waals surface area contributed by atoms with E-state index in [0.717, 1.165) is 12.1 Å². The summed E-state index contributed by atoms with van der Waals surface area (Å²) in [6.07, 6.45) is 2.19. The van der Waals surface area contributed by atoms with Crippen LogP contribution in [0.4, 0.5) is 0 Å². The first-order valence-electron chi connectivity index (χ1n) is 6.32. The SMILES string of the molecule is O[C@@]1(c2cn[nH]n2)CCN(Cc2cc(Cl)ccc2Cl)C1. The van der Waals surface area contributed by atoms with Crippen LogP contribution in [0.3, 0.4) is 0 Å². The maximum Gasteiger partial charge on any atom is 0.124 e. The van der Waals surface area contributed by atoms with Crippen molar-refractivity contribution >= 4 is 23.2 Å². The summed E-state index contributed by atoms with van der Waals surface area (Å²) in [6.45, 7) is 1.92. The molecule has 2 heterocycles. The number of β-amino-alcohol motifs (C(OH)–C–C–N with tert-alkyl or cyclic N) is 1. The first kappa shape index (κ1) is 13.8. The van der Waals surface area contributed by atoms with Gasteiger partial charge in [-0.2, -0.15) is 15.4 Å². The lowest BCUT2D eigenvalue weighted by atomic mass is 10.00. The Morgan fingerprint density at radius 3 is 3.00 bits per heavy atom. The topological polar surface area (TPSA) is 65.0 Å². The largest absolute Gasteiger partial charge is 0.382 e. The summed E-state index contributed by atoms with van der Waals surface area (Å²) in [6, 6.07) is 5.42. The Hall–Kier alpha value is -1.14. The number of aliphatic hydroxyl groups is 1. The monoisotopic (exact) mass is 312 g/mol. The van der Waals surface area contributed by atoms with E-state index in [9.17, 15) is 5.11 Å². The van der Waals surface area contributed by atoms with Gasteiger partial charge < -0.3 is 5.11 Å². The third kappa shape index (κ3) is 2.67. The van der Waals surface area contributed by atoms with Gasteiger partial charge in [0, 0.05) is 29.7 Å². The Labute approximate surface area is 126 Å². The van der Waals surface area contributed by atoms with E-state index in [0.29, 0.717) is 35.2 Å². The highest BCUT2D eigenvalue weighted by Gasteiger charge is 2.39. The number of likely N-dealkylation sites (tertiary alicyclic amines) is 1. The number of nitrogens with zero attached hydrogens (tertiary/aromatic N) is 3.